The number of nitrogens with zero attached hydrogens (tertiary/aromatic N) is 1. The summed E-state index contributed by atoms with van der Waals surface area (Å²) in [6.45, 7) is 2.08. The minimum atomic E-state index is 0.935. The summed E-state index contributed by atoms with van der Waals surface area (Å²) in [4.78, 5) is 4.65. The summed E-state index contributed by atoms with van der Waals surface area (Å²) in [6, 6.07) is 16.4. The number of rotatable bonds is 3. The Morgan fingerprint density at radius 2 is 1.80 bits per heavy atom. The van der Waals surface area contributed by atoms with Crippen molar-refractivity contribution in [2.24, 2.45) is 0 Å². The molecular weight excluding hydrogens is 246 g/mol. The van der Waals surface area contributed by atoms with E-state index < -0.39 is 0 Å². The zero-order valence-corrected chi connectivity index (χ0v) is 11.3. The number of aromatic nitrogens is 1. The molecule has 20 heavy (non-hydrogen) atoms. The average Bonchev–Trinajstić information content (AvgIpc) is 3.00. The van der Waals surface area contributed by atoms with Gasteiger partial charge in [0.2, 0.25) is 0 Å². The van der Waals surface area contributed by atoms with E-state index in [4.69, 9.17) is 4.42 Å². The molecule has 0 aliphatic heterocycles. The summed E-state index contributed by atoms with van der Waals surface area (Å²) < 4.78 is 5.04. The van der Waals surface area contributed by atoms with E-state index in [2.05, 4.69) is 36.2 Å². The molecule has 0 saturated carbocycles. The topological polar surface area (TPSA) is 26.0 Å². The van der Waals surface area contributed by atoms with Gasteiger partial charge in [-0.25, -0.2) is 4.98 Å². The fraction of sp³-hybridized carbons (Fsp3) is 0.0556. The Bertz CT molecular complexity index is 709. The van der Waals surface area contributed by atoms with Crippen LogP contribution in [0.25, 0.3) is 23.4 Å². The van der Waals surface area contributed by atoms with Gasteiger partial charge in [0.15, 0.2) is 0 Å². The smallest absolute Gasteiger partial charge is 0.0974 e. The highest BCUT2D eigenvalue weighted by Gasteiger charge is 1.99. The van der Waals surface area contributed by atoms with Crippen LogP contribution in [0.2, 0.25) is 0 Å². The second kappa shape index (κ2) is 5.57. The van der Waals surface area contributed by atoms with Crippen molar-refractivity contribution in [1.82, 2.24) is 4.98 Å². The standard InChI is InChI=1S/C18H15NO/c1-14-5-8-16(9-6-14)18-4-2-3-17(19-18)10-7-15-11-12-20-13-15/h2-13H,1H3/b10-7-. The van der Waals surface area contributed by atoms with Crippen molar-refractivity contribution in [1.29, 1.82) is 0 Å². The number of furan rings is 1. The van der Waals surface area contributed by atoms with Gasteiger partial charge in [-0.1, -0.05) is 35.9 Å². The van der Waals surface area contributed by atoms with E-state index in [9.17, 15) is 0 Å². The first kappa shape index (κ1) is 12.4. The number of pyridine rings is 1. The van der Waals surface area contributed by atoms with Crippen LogP contribution in [0.5, 0.6) is 0 Å². The van der Waals surface area contributed by atoms with Gasteiger partial charge in [-0.3, -0.25) is 0 Å². The second-order valence-electron chi connectivity index (χ2n) is 4.70. The Morgan fingerprint density at radius 3 is 2.55 bits per heavy atom. The maximum Gasteiger partial charge on any atom is 0.0974 e. The van der Waals surface area contributed by atoms with E-state index in [1.165, 1.54) is 5.56 Å². The lowest BCUT2D eigenvalue weighted by Crippen LogP contribution is -1.86. The fourth-order valence-electron chi connectivity index (χ4n) is 1.98. The van der Waals surface area contributed by atoms with Gasteiger partial charge in [-0.05, 0) is 37.3 Å². The third-order valence-electron chi connectivity index (χ3n) is 3.11. The highest BCUT2D eigenvalue weighted by molar-refractivity contribution is 5.69. The lowest BCUT2D eigenvalue weighted by molar-refractivity contribution is 0.567. The summed E-state index contributed by atoms with van der Waals surface area (Å²) in [5.41, 5.74) is 5.34. The molecule has 0 amide bonds. The van der Waals surface area contributed by atoms with Gasteiger partial charge in [0.05, 0.1) is 23.9 Å². The quantitative estimate of drug-likeness (QED) is 0.675. The van der Waals surface area contributed by atoms with Crippen molar-refractivity contribution >= 4 is 12.2 Å². The predicted molar refractivity (Wildman–Crippen MR) is 82.0 cm³/mol. The molecule has 0 N–H and O–H groups in total. The summed E-state index contributed by atoms with van der Waals surface area (Å²) in [5, 5.41) is 0. The monoisotopic (exact) mass is 261 g/mol. The Morgan fingerprint density at radius 1 is 0.950 bits per heavy atom. The molecular formula is C18H15NO. The maximum atomic E-state index is 5.04. The summed E-state index contributed by atoms with van der Waals surface area (Å²) in [6.07, 6.45) is 7.35. The molecule has 1 aromatic carbocycles. The molecule has 0 atom stereocenters. The van der Waals surface area contributed by atoms with Crippen LogP contribution < -0.4 is 0 Å². The van der Waals surface area contributed by atoms with Crippen molar-refractivity contribution in [2.45, 2.75) is 6.92 Å². The lowest BCUT2D eigenvalue weighted by Gasteiger charge is -2.02. The van der Waals surface area contributed by atoms with Gasteiger partial charge < -0.3 is 4.42 Å². The molecule has 0 fully saturated rings. The molecule has 0 spiro atoms. The van der Waals surface area contributed by atoms with E-state index in [1.807, 2.05) is 36.4 Å². The molecule has 3 rings (SSSR count). The van der Waals surface area contributed by atoms with E-state index >= 15 is 0 Å². The largest absolute Gasteiger partial charge is 0.472 e. The molecule has 98 valence electrons. The Hall–Kier alpha value is -2.61. The first-order valence-corrected chi connectivity index (χ1v) is 6.56. The van der Waals surface area contributed by atoms with Crippen LogP contribution in [0.15, 0.2) is 65.5 Å². The van der Waals surface area contributed by atoms with Gasteiger partial charge >= 0.3 is 0 Å². The molecule has 2 aromatic heterocycles. The highest BCUT2D eigenvalue weighted by atomic mass is 16.3. The van der Waals surface area contributed by atoms with Crippen LogP contribution in [0.3, 0.4) is 0 Å². The molecule has 0 bridgehead atoms. The zero-order chi connectivity index (χ0) is 13.8. The molecule has 0 radical (unpaired) electrons. The number of hydrogen-bond acceptors (Lipinski definition) is 2. The van der Waals surface area contributed by atoms with E-state index in [1.54, 1.807) is 12.5 Å². The minimum absolute atomic E-state index is 0.935. The van der Waals surface area contributed by atoms with E-state index in [-0.39, 0.29) is 0 Å². The Kier molecular flexibility index (Phi) is 3.46. The first-order valence-electron chi connectivity index (χ1n) is 6.56. The molecule has 2 heterocycles. The first-order chi connectivity index (χ1) is 9.81. The normalized spacial score (nSPS) is 11.1. The van der Waals surface area contributed by atoms with E-state index in [0.717, 1.165) is 22.5 Å². The summed E-state index contributed by atoms with van der Waals surface area (Å²) in [7, 11) is 0. The van der Waals surface area contributed by atoms with Gasteiger partial charge in [-0.2, -0.15) is 0 Å². The SMILES string of the molecule is Cc1ccc(-c2cccc(/C=C\c3ccoc3)n2)cc1. The molecule has 0 unspecified atom stereocenters. The van der Waals surface area contributed by atoms with Crippen LogP contribution in [0, 0.1) is 6.92 Å². The van der Waals surface area contributed by atoms with Crippen molar-refractivity contribution in [3.63, 3.8) is 0 Å². The zero-order valence-electron chi connectivity index (χ0n) is 11.3. The van der Waals surface area contributed by atoms with Crippen molar-refractivity contribution in [3.8, 4) is 11.3 Å². The molecule has 0 aliphatic rings. The Balaban J connectivity index is 1.88. The third-order valence-corrected chi connectivity index (χ3v) is 3.11. The van der Waals surface area contributed by atoms with E-state index in [0.29, 0.717) is 0 Å². The lowest BCUT2D eigenvalue weighted by atomic mass is 10.1. The van der Waals surface area contributed by atoms with Crippen LogP contribution >= 0.6 is 0 Å². The summed E-state index contributed by atoms with van der Waals surface area (Å²) in [5.74, 6) is 0. The van der Waals surface area contributed by atoms with Gasteiger partial charge in [-0.15, -0.1) is 0 Å². The van der Waals surface area contributed by atoms with Crippen molar-refractivity contribution in [3.05, 3.63) is 77.9 Å². The van der Waals surface area contributed by atoms with Gasteiger partial charge in [0.1, 0.15) is 0 Å². The fourth-order valence-corrected chi connectivity index (χ4v) is 1.98. The third kappa shape index (κ3) is 2.86. The van der Waals surface area contributed by atoms with Crippen LogP contribution in [0.4, 0.5) is 0 Å². The van der Waals surface area contributed by atoms with Crippen LogP contribution in [-0.4, -0.2) is 4.98 Å². The molecule has 2 heteroatoms. The Labute approximate surface area is 118 Å². The molecule has 0 aliphatic carbocycles. The van der Waals surface area contributed by atoms with Crippen molar-refractivity contribution < 1.29 is 4.42 Å². The predicted octanol–water partition coefficient (Wildman–Crippen LogP) is 4.82. The summed E-state index contributed by atoms with van der Waals surface area (Å²) >= 11 is 0. The molecule has 0 saturated heterocycles. The van der Waals surface area contributed by atoms with Gasteiger partial charge in [0.25, 0.3) is 0 Å². The average molecular weight is 261 g/mol. The maximum absolute atomic E-state index is 5.04. The van der Waals surface area contributed by atoms with Crippen LogP contribution in [0.1, 0.15) is 16.8 Å². The number of benzene rings is 1. The molecule has 3 aromatic rings. The molecule has 2 nitrogen and oxygen atoms in total. The second-order valence-corrected chi connectivity index (χ2v) is 4.70. The van der Waals surface area contributed by atoms with Crippen molar-refractivity contribution in [2.75, 3.05) is 0 Å². The minimum Gasteiger partial charge on any atom is -0.472 e. The number of hydrogen-bond donors (Lipinski definition) is 0. The number of aryl methyl sites for hydroxylation is 1. The van der Waals surface area contributed by atoms with Gasteiger partial charge in [0, 0.05) is 11.1 Å². The highest BCUT2D eigenvalue weighted by Crippen LogP contribution is 2.18. The van der Waals surface area contributed by atoms with Crippen LogP contribution in [-0.2, 0) is 0 Å².